The van der Waals surface area contributed by atoms with Crippen LogP contribution in [0.25, 0.3) is 6.08 Å². The highest BCUT2D eigenvalue weighted by atomic mass is 32.1. The Kier molecular flexibility index (Phi) is 3.23. The van der Waals surface area contributed by atoms with Crippen LogP contribution in [0.1, 0.15) is 11.1 Å². The van der Waals surface area contributed by atoms with Crippen LogP contribution in [0.3, 0.4) is 0 Å². The third-order valence-electron chi connectivity index (χ3n) is 1.82. The minimum atomic E-state index is 0.758. The van der Waals surface area contributed by atoms with E-state index in [1.54, 1.807) is 0 Å². The van der Waals surface area contributed by atoms with Crippen molar-refractivity contribution in [2.45, 2.75) is 6.92 Å². The molecule has 0 aliphatic rings. The molecule has 0 aliphatic heterocycles. The van der Waals surface area contributed by atoms with Gasteiger partial charge < -0.3 is 5.73 Å². The smallest absolute Gasteiger partial charge is 0.0349 e. The van der Waals surface area contributed by atoms with Gasteiger partial charge in [0.05, 0.1) is 0 Å². The van der Waals surface area contributed by atoms with Crippen LogP contribution in [0.15, 0.2) is 24.3 Å². The molecule has 1 aromatic carbocycles. The van der Waals surface area contributed by atoms with Crippen LogP contribution in [-0.4, -0.2) is 5.75 Å². The fourth-order valence-corrected chi connectivity index (χ4v) is 1.14. The average Bonchev–Trinajstić information content (AvgIpc) is 2.08. The lowest BCUT2D eigenvalue weighted by atomic mass is 10.1. The van der Waals surface area contributed by atoms with Crippen molar-refractivity contribution in [3.63, 3.8) is 0 Å². The van der Waals surface area contributed by atoms with Crippen molar-refractivity contribution < 1.29 is 0 Å². The highest BCUT2D eigenvalue weighted by Crippen LogP contribution is 2.16. The predicted molar refractivity (Wildman–Crippen MR) is 58.5 cm³/mol. The van der Waals surface area contributed by atoms with Crippen molar-refractivity contribution in [2.75, 3.05) is 11.5 Å². The van der Waals surface area contributed by atoms with E-state index < -0.39 is 0 Å². The maximum Gasteiger partial charge on any atom is 0.0349 e. The SMILES string of the molecule is Cc1c(N)cccc1C=CCS. The van der Waals surface area contributed by atoms with Crippen LogP contribution in [0.4, 0.5) is 5.69 Å². The Morgan fingerprint density at radius 3 is 2.92 bits per heavy atom. The fourth-order valence-electron chi connectivity index (χ4n) is 1.03. The summed E-state index contributed by atoms with van der Waals surface area (Å²) in [6.07, 6.45) is 4.05. The van der Waals surface area contributed by atoms with Crippen LogP contribution in [-0.2, 0) is 0 Å². The second-order valence-electron chi connectivity index (χ2n) is 2.65. The van der Waals surface area contributed by atoms with Crippen molar-refractivity contribution in [3.8, 4) is 0 Å². The topological polar surface area (TPSA) is 26.0 Å². The summed E-state index contributed by atoms with van der Waals surface area (Å²) in [5, 5.41) is 0. The molecule has 0 amide bonds. The zero-order valence-corrected chi connectivity index (χ0v) is 8.01. The molecule has 0 fully saturated rings. The molecule has 0 atom stereocenters. The minimum absolute atomic E-state index is 0.758. The number of hydrogen-bond donors (Lipinski definition) is 2. The second kappa shape index (κ2) is 4.21. The van der Waals surface area contributed by atoms with Gasteiger partial charge in [-0.25, -0.2) is 0 Å². The minimum Gasteiger partial charge on any atom is -0.398 e. The molecule has 0 spiro atoms. The zero-order valence-electron chi connectivity index (χ0n) is 7.12. The summed E-state index contributed by atoms with van der Waals surface area (Å²) in [6, 6.07) is 5.92. The first-order valence-corrected chi connectivity index (χ1v) is 4.51. The highest BCUT2D eigenvalue weighted by molar-refractivity contribution is 7.80. The van der Waals surface area contributed by atoms with E-state index in [2.05, 4.69) is 12.6 Å². The Bertz CT molecular complexity index is 292. The van der Waals surface area contributed by atoms with Gasteiger partial charge in [0.2, 0.25) is 0 Å². The van der Waals surface area contributed by atoms with Crippen LogP contribution >= 0.6 is 12.6 Å². The van der Waals surface area contributed by atoms with E-state index in [-0.39, 0.29) is 0 Å². The molecule has 0 heterocycles. The molecule has 0 unspecified atom stereocenters. The van der Waals surface area contributed by atoms with Gasteiger partial charge in [-0.2, -0.15) is 12.6 Å². The van der Waals surface area contributed by atoms with Gasteiger partial charge in [-0.05, 0) is 24.1 Å². The number of thiol groups is 1. The quantitative estimate of drug-likeness (QED) is 0.529. The van der Waals surface area contributed by atoms with E-state index >= 15 is 0 Å². The Hall–Kier alpha value is -0.890. The lowest BCUT2D eigenvalue weighted by molar-refractivity contribution is 1.44. The fraction of sp³-hybridized carbons (Fsp3) is 0.200. The van der Waals surface area contributed by atoms with Crippen LogP contribution in [0.5, 0.6) is 0 Å². The summed E-state index contributed by atoms with van der Waals surface area (Å²) in [5.74, 6) is 0.758. The molecule has 0 saturated carbocycles. The van der Waals surface area contributed by atoms with Crippen molar-refractivity contribution in [2.24, 2.45) is 0 Å². The summed E-state index contributed by atoms with van der Waals surface area (Å²) in [5.41, 5.74) is 8.89. The van der Waals surface area contributed by atoms with Crippen molar-refractivity contribution in [1.82, 2.24) is 0 Å². The molecule has 2 heteroatoms. The molecule has 0 radical (unpaired) electrons. The van der Waals surface area contributed by atoms with Crippen molar-refractivity contribution >= 4 is 24.4 Å². The maximum atomic E-state index is 5.74. The lowest BCUT2D eigenvalue weighted by Gasteiger charge is -2.02. The van der Waals surface area contributed by atoms with E-state index in [9.17, 15) is 0 Å². The monoisotopic (exact) mass is 179 g/mol. The van der Waals surface area contributed by atoms with Gasteiger partial charge in [0.1, 0.15) is 0 Å². The number of rotatable bonds is 2. The molecule has 0 aromatic heterocycles. The largest absolute Gasteiger partial charge is 0.398 e. The molecule has 1 aromatic rings. The number of nitrogens with two attached hydrogens (primary N) is 1. The maximum absolute atomic E-state index is 5.74. The number of anilines is 1. The third kappa shape index (κ3) is 2.05. The van der Waals surface area contributed by atoms with Gasteiger partial charge in [0, 0.05) is 11.4 Å². The molecule has 0 bridgehead atoms. The number of benzene rings is 1. The summed E-state index contributed by atoms with van der Waals surface area (Å²) < 4.78 is 0. The molecular weight excluding hydrogens is 166 g/mol. The Labute approximate surface area is 78.7 Å². The van der Waals surface area contributed by atoms with E-state index in [1.807, 2.05) is 37.3 Å². The summed E-state index contributed by atoms with van der Waals surface area (Å²) in [4.78, 5) is 0. The first-order valence-electron chi connectivity index (χ1n) is 3.88. The second-order valence-corrected chi connectivity index (χ2v) is 3.01. The van der Waals surface area contributed by atoms with Crippen LogP contribution in [0, 0.1) is 6.92 Å². The Morgan fingerprint density at radius 2 is 2.25 bits per heavy atom. The first-order chi connectivity index (χ1) is 5.75. The Balaban J connectivity index is 3.00. The highest BCUT2D eigenvalue weighted by Gasteiger charge is 1.95. The lowest BCUT2D eigenvalue weighted by Crippen LogP contribution is -1.90. The normalized spacial score (nSPS) is 10.8. The van der Waals surface area contributed by atoms with Crippen molar-refractivity contribution in [3.05, 3.63) is 35.4 Å². The van der Waals surface area contributed by atoms with Gasteiger partial charge in [0.25, 0.3) is 0 Å². The van der Waals surface area contributed by atoms with Crippen LogP contribution in [0.2, 0.25) is 0 Å². The standard InChI is InChI=1S/C10H13NS/c1-8-9(5-3-7-12)4-2-6-10(8)11/h2-6,12H,7,11H2,1H3. The van der Waals surface area contributed by atoms with Crippen LogP contribution < -0.4 is 5.73 Å². The van der Waals surface area contributed by atoms with Crippen molar-refractivity contribution in [1.29, 1.82) is 0 Å². The van der Waals surface area contributed by atoms with Gasteiger partial charge in [-0.3, -0.25) is 0 Å². The summed E-state index contributed by atoms with van der Waals surface area (Å²) in [7, 11) is 0. The average molecular weight is 179 g/mol. The van der Waals surface area contributed by atoms with Gasteiger partial charge in [-0.15, -0.1) is 0 Å². The van der Waals surface area contributed by atoms with E-state index in [0.717, 1.165) is 17.0 Å². The molecule has 1 nitrogen and oxygen atoms in total. The molecule has 64 valence electrons. The van der Waals surface area contributed by atoms with E-state index in [1.165, 1.54) is 5.56 Å². The number of hydrogen-bond acceptors (Lipinski definition) is 2. The molecule has 12 heavy (non-hydrogen) atoms. The predicted octanol–water partition coefficient (Wildman–Crippen LogP) is 2.52. The van der Waals surface area contributed by atoms with Gasteiger partial charge >= 0.3 is 0 Å². The summed E-state index contributed by atoms with van der Waals surface area (Å²) >= 11 is 4.09. The van der Waals surface area contributed by atoms with E-state index in [4.69, 9.17) is 5.73 Å². The van der Waals surface area contributed by atoms with Gasteiger partial charge in [-0.1, -0.05) is 24.3 Å². The molecule has 2 N–H and O–H groups in total. The third-order valence-corrected chi connectivity index (χ3v) is 2.03. The number of nitrogen functional groups attached to an aromatic ring is 1. The van der Waals surface area contributed by atoms with Gasteiger partial charge in [0.15, 0.2) is 0 Å². The van der Waals surface area contributed by atoms with E-state index in [0.29, 0.717) is 0 Å². The Morgan fingerprint density at radius 1 is 1.50 bits per heavy atom. The molecule has 1 rings (SSSR count). The summed E-state index contributed by atoms with van der Waals surface area (Å²) in [6.45, 7) is 2.02. The molecule has 0 aliphatic carbocycles. The molecule has 0 saturated heterocycles. The first kappa shape index (κ1) is 9.20. The molecular formula is C10H13NS. The zero-order chi connectivity index (χ0) is 8.97.